The average Bonchev–Trinajstić information content (AvgIpc) is 3.63. The topological polar surface area (TPSA) is 66.5 Å². The van der Waals surface area contributed by atoms with Crippen LogP contribution >= 0.6 is 0 Å². The summed E-state index contributed by atoms with van der Waals surface area (Å²) in [5.41, 5.74) is 2.32. The van der Waals surface area contributed by atoms with Crippen molar-refractivity contribution < 1.29 is 28.5 Å². The standard InChI is InChI=1S/C25H24O6/c1-27-20-13-17(14-21(28-2)24(20)29-3)23-25(31-23)22(26)18-11-7-8-12-19(18)30-15-16-9-5-4-6-10-16/h4-14,23,25H,15H2,1-3H3/t23-,25-/m1/s1. The van der Waals surface area contributed by atoms with Crippen molar-refractivity contribution >= 4 is 5.78 Å². The fraction of sp³-hybridized carbons (Fsp3) is 0.240. The predicted octanol–water partition coefficient (Wildman–Crippen LogP) is 4.61. The fourth-order valence-electron chi connectivity index (χ4n) is 3.52. The van der Waals surface area contributed by atoms with E-state index in [4.69, 9.17) is 23.7 Å². The number of para-hydroxylation sites is 1. The molecule has 3 aromatic carbocycles. The van der Waals surface area contributed by atoms with Crippen LogP contribution < -0.4 is 18.9 Å². The Labute approximate surface area is 181 Å². The monoisotopic (exact) mass is 420 g/mol. The number of carbonyl (C=O) groups excluding carboxylic acids is 1. The van der Waals surface area contributed by atoms with Crippen LogP contribution in [-0.4, -0.2) is 33.2 Å². The number of methoxy groups -OCH3 is 3. The number of ether oxygens (including phenoxy) is 5. The lowest BCUT2D eigenvalue weighted by atomic mass is 10.0. The molecule has 0 radical (unpaired) electrons. The number of hydrogen-bond acceptors (Lipinski definition) is 6. The molecule has 3 aromatic rings. The van der Waals surface area contributed by atoms with Crippen LogP contribution in [-0.2, 0) is 11.3 Å². The van der Waals surface area contributed by atoms with Gasteiger partial charge in [-0.1, -0.05) is 42.5 Å². The number of benzene rings is 3. The molecule has 1 saturated heterocycles. The Kier molecular flexibility index (Phi) is 6.09. The lowest BCUT2D eigenvalue weighted by Gasteiger charge is -2.13. The Morgan fingerprint density at radius 2 is 1.48 bits per heavy atom. The van der Waals surface area contributed by atoms with E-state index >= 15 is 0 Å². The van der Waals surface area contributed by atoms with Gasteiger partial charge in [0.2, 0.25) is 5.75 Å². The molecule has 6 nitrogen and oxygen atoms in total. The Hall–Kier alpha value is -3.51. The number of carbonyl (C=O) groups is 1. The predicted molar refractivity (Wildman–Crippen MR) is 115 cm³/mol. The quantitative estimate of drug-likeness (QED) is 0.372. The molecule has 0 bridgehead atoms. The summed E-state index contributed by atoms with van der Waals surface area (Å²) in [6, 6.07) is 20.7. The zero-order valence-corrected chi connectivity index (χ0v) is 17.7. The summed E-state index contributed by atoms with van der Waals surface area (Å²) in [6.45, 7) is 0.382. The molecule has 0 amide bonds. The van der Waals surface area contributed by atoms with Crippen molar-refractivity contribution in [2.75, 3.05) is 21.3 Å². The third kappa shape index (κ3) is 4.34. The highest BCUT2D eigenvalue weighted by molar-refractivity contribution is 6.03. The van der Waals surface area contributed by atoms with Crippen molar-refractivity contribution in [3.63, 3.8) is 0 Å². The number of Topliss-reactive ketones (excluding diaryl/α,β-unsaturated/α-hetero) is 1. The Balaban J connectivity index is 1.52. The molecule has 1 heterocycles. The molecule has 0 aromatic heterocycles. The SMILES string of the molecule is COc1cc([C@H]2O[C@@H]2C(=O)c2ccccc2OCc2ccccc2)cc(OC)c1OC. The lowest BCUT2D eigenvalue weighted by molar-refractivity contribution is 0.0949. The first kappa shape index (κ1) is 20.8. The molecule has 0 unspecified atom stereocenters. The lowest BCUT2D eigenvalue weighted by Crippen LogP contribution is -2.11. The first-order valence-corrected chi connectivity index (χ1v) is 9.91. The van der Waals surface area contributed by atoms with Gasteiger partial charge >= 0.3 is 0 Å². The van der Waals surface area contributed by atoms with E-state index in [1.807, 2.05) is 42.5 Å². The summed E-state index contributed by atoms with van der Waals surface area (Å²) in [6.07, 6.45) is -0.979. The summed E-state index contributed by atoms with van der Waals surface area (Å²) >= 11 is 0. The molecule has 1 fully saturated rings. The second-order valence-electron chi connectivity index (χ2n) is 7.07. The largest absolute Gasteiger partial charge is 0.493 e. The van der Waals surface area contributed by atoms with Gasteiger partial charge in [-0.25, -0.2) is 0 Å². The van der Waals surface area contributed by atoms with E-state index in [1.165, 1.54) is 0 Å². The van der Waals surface area contributed by atoms with Gasteiger partial charge in [0.1, 0.15) is 18.5 Å². The van der Waals surface area contributed by atoms with Gasteiger partial charge in [0.25, 0.3) is 0 Å². The highest BCUT2D eigenvalue weighted by Crippen LogP contribution is 2.47. The molecule has 31 heavy (non-hydrogen) atoms. The molecule has 160 valence electrons. The van der Waals surface area contributed by atoms with Gasteiger partial charge in [0, 0.05) is 0 Å². The van der Waals surface area contributed by atoms with Gasteiger partial charge in [-0.05, 0) is 35.4 Å². The van der Waals surface area contributed by atoms with E-state index in [9.17, 15) is 4.79 Å². The number of epoxide rings is 1. The van der Waals surface area contributed by atoms with E-state index in [2.05, 4.69) is 0 Å². The number of rotatable bonds is 9. The second-order valence-corrected chi connectivity index (χ2v) is 7.07. The van der Waals surface area contributed by atoms with Gasteiger partial charge in [-0.3, -0.25) is 4.79 Å². The Morgan fingerprint density at radius 3 is 2.13 bits per heavy atom. The van der Waals surface area contributed by atoms with Gasteiger partial charge in [-0.2, -0.15) is 0 Å². The number of ketones is 1. The summed E-state index contributed by atoms with van der Waals surface area (Å²) in [5, 5.41) is 0. The van der Waals surface area contributed by atoms with Crippen molar-refractivity contribution in [1.29, 1.82) is 0 Å². The van der Waals surface area contributed by atoms with E-state index in [-0.39, 0.29) is 11.9 Å². The van der Waals surface area contributed by atoms with Gasteiger partial charge < -0.3 is 23.7 Å². The molecule has 4 rings (SSSR count). The van der Waals surface area contributed by atoms with Crippen LogP contribution in [0.4, 0.5) is 0 Å². The minimum absolute atomic E-state index is 0.123. The molecule has 1 aliphatic heterocycles. The van der Waals surface area contributed by atoms with E-state index < -0.39 is 6.10 Å². The Bertz CT molecular complexity index is 1040. The van der Waals surface area contributed by atoms with E-state index in [0.29, 0.717) is 35.2 Å². The molecular formula is C25H24O6. The van der Waals surface area contributed by atoms with Crippen LogP contribution in [0.25, 0.3) is 0 Å². The minimum Gasteiger partial charge on any atom is -0.493 e. The van der Waals surface area contributed by atoms with Crippen LogP contribution in [0, 0.1) is 0 Å². The molecular weight excluding hydrogens is 396 g/mol. The summed E-state index contributed by atoms with van der Waals surface area (Å²) in [5.74, 6) is 1.95. The maximum absolute atomic E-state index is 13.2. The Morgan fingerprint density at radius 1 is 0.839 bits per heavy atom. The van der Waals surface area contributed by atoms with Crippen molar-refractivity contribution in [2.45, 2.75) is 18.8 Å². The molecule has 0 aliphatic carbocycles. The smallest absolute Gasteiger partial charge is 0.203 e. The maximum Gasteiger partial charge on any atom is 0.203 e. The van der Waals surface area contributed by atoms with Crippen LogP contribution in [0.3, 0.4) is 0 Å². The first-order chi connectivity index (χ1) is 15.2. The van der Waals surface area contributed by atoms with Crippen molar-refractivity contribution in [3.05, 3.63) is 83.4 Å². The minimum atomic E-state index is -0.593. The zero-order valence-electron chi connectivity index (χ0n) is 17.7. The van der Waals surface area contributed by atoms with Crippen LogP contribution in [0.15, 0.2) is 66.7 Å². The highest BCUT2D eigenvalue weighted by Gasteiger charge is 2.47. The van der Waals surface area contributed by atoms with Crippen LogP contribution in [0.2, 0.25) is 0 Å². The third-order valence-electron chi connectivity index (χ3n) is 5.16. The summed E-state index contributed by atoms with van der Waals surface area (Å²) in [4.78, 5) is 13.2. The van der Waals surface area contributed by atoms with E-state index in [1.54, 1.807) is 45.6 Å². The average molecular weight is 420 g/mol. The normalized spacial score (nSPS) is 17.0. The summed E-state index contributed by atoms with van der Waals surface area (Å²) < 4.78 is 27.9. The van der Waals surface area contributed by atoms with Gasteiger partial charge in [0.15, 0.2) is 23.4 Å². The molecule has 0 saturated carbocycles. The molecule has 0 N–H and O–H groups in total. The van der Waals surface area contributed by atoms with Gasteiger partial charge in [-0.15, -0.1) is 0 Å². The second kappa shape index (κ2) is 9.10. The van der Waals surface area contributed by atoms with Crippen molar-refractivity contribution in [2.24, 2.45) is 0 Å². The summed E-state index contributed by atoms with van der Waals surface area (Å²) in [7, 11) is 4.65. The zero-order chi connectivity index (χ0) is 21.8. The van der Waals surface area contributed by atoms with Gasteiger partial charge in [0.05, 0.1) is 26.9 Å². The molecule has 2 atom stereocenters. The highest BCUT2D eigenvalue weighted by atomic mass is 16.6. The van der Waals surface area contributed by atoms with Crippen LogP contribution in [0.1, 0.15) is 27.6 Å². The molecule has 0 spiro atoms. The number of hydrogen-bond donors (Lipinski definition) is 0. The van der Waals surface area contributed by atoms with E-state index in [0.717, 1.165) is 11.1 Å². The fourth-order valence-corrected chi connectivity index (χ4v) is 3.52. The maximum atomic E-state index is 13.2. The third-order valence-corrected chi connectivity index (χ3v) is 5.16. The molecule has 1 aliphatic rings. The van der Waals surface area contributed by atoms with Crippen molar-refractivity contribution in [1.82, 2.24) is 0 Å². The first-order valence-electron chi connectivity index (χ1n) is 9.91. The molecule has 6 heteroatoms. The van der Waals surface area contributed by atoms with Crippen LogP contribution in [0.5, 0.6) is 23.0 Å². The van der Waals surface area contributed by atoms with Crippen molar-refractivity contribution in [3.8, 4) is 23.0 Å².